The second-order valence-electron chi connectivity index (χ2n) is 5.75. The van der Waals surface area contributed by atoms with E-state index in [9.17, 15) is 9.59 Å². The quantitative estimate of drug-likeness (QED) is 0.435. The molecule has 2 aromatic heterocycles. The summed E-state index contributed by atoms with van der Waals surface area (Å²) in [6, 6.07) is 18.4. The van der Waals surface area contributed by atoms with Gasteiger partial charge in [0.15, 0.2) is 10.9 Å². The van der Waals surface area contributed by atoms with Crippen molar-refractivity contribution in [3.63, 3.8) is 0 Å². The molecule has 0 saturated carbocycles. The van der Waals surface area contributed by atoms with Gasteiger partial charge in [-0.1, -0.05) is 30.0 Å². The second kappa shape index (κ2) is 7.01. The molecule has 0 bridgehead atoms. The van der Waals surface area contributed by atoms with Crippen molar-refractivity contribution in [3.05, 3.63) is 89.0 Å². The van der Waals surface area contributed by atoms with Crippen LogP contribution in [0.1, 0.15) is 10.4 Å². The van der Waals surface area contributed by atoms with Crippen LogP contribution < -0.4 is 5.56 Å². The number of benzene rings is 2. The molecule has 0 unspecified atom stereocenters. The number of hydrogen-bond acceptors (Lipinski definition) is 4. The van der Waals surface area contributed by atoms with Gasteiger partial charge < -0.3 is 4.98 Å². The van der Waals surface area contributed by atoms with E-state index < -0.39 is 0 Å². The van der Waals surface area contributed by atoms with Crippen LogP contribution in [0.5, 0.6) is 0 Å². The number of aromatic nitrogens is 3. The molecule has 0 fully saturated rings. The Labute approximate surface area is 153 Å². The molecular formula is C20H15N3O2S. The first kappa shape index (κ1) is 16.4. The molecule has 0 atom stereocenters. The number of pyridine rings is 1. The minimum Gasteiger partial charge on any atom is -0.322 e. The Morgan fingerprint density at radius 3 is 2.77 bits per heavy atom. The zero-order valence-electron chi connectivity index (χ0n) is 13.8. The molecule has 0 amide bonds. The Bertz CT molecular complexity index is 1130. The van der Waals surface area contributed by atoms with Crippen molar-refractivity contribution in [2.45, 2.75) is 5.16 Å². The molecule has 128 valence electrons. The molecule has 26 heavy (non-hydrogen) atoms. The smallest absolute Gasteiger partial charge is 0.248 e. The topological polar surface area (TPSA) is 67.8 Å². The lowest BCUT2D eigenvalue weighted by molar-refractivity contribution is 0.102. The van der Waals surface area contributed by atoms with E-state index in [0.29, 0.717) is 11.3 Å². The lowest BCUT2D eigenvalue weighted by Gasteiger charge is -2.07. The van der Waals surface area contributed by atoms with Crippen LogP contribution in [0.2, 0.25) is 0 Å². The lowest BCUT2D eigenvalue weighted by atomic mass is 10.1. The van der Waals surface area contributed by atoms with Crippen LogP contribution >= 0.6 is 11.8 Å². The molecule has 5 nitrogen and oxygen atoms in total. The van der Waals surface area contributed by atoms with Gasteiger partial charge in [0.1, 0.15) is 0 Å². The predicted molar refractivity (Wildman–Crippen MR) is 103 cm³/mol. The minimum absolute atomic E-state index is 0.0192. The normalized spacial score (nSPS) is 10.9. The van der Waals surface area contributed by atoms with Gasteiger partial charge in [0.2, 0.25) is 5.56 Å². The number of carbonyl (C=O) groups excluding carboxylic acids is 1. The van der Waals surface area contributed by atoms with Crippen LogP contribution in [0.15, 0.2) is 83.0 Å². The molecule has 6 heteroatoms. The van der Waals surface area contributed by atoms with E-state index in [4.69, 9.17) is 0 Å². The maximum atomic E-state index is 12.6. The summed E-state index contributed by atoms with van der Waals surface area (Å²) in [6.07, 6.45) is 3.61. The summed E-state index contributed by atoms with van der Waals surface area (Å²) in [5.74, 6) is 0.310. The molecule has 0 aliphatic carbocycles. The summed E-state index contributed by atoms with van der Waals surface area (Å²) >= 11 is 1.40. The molecular weight excluding hydrogens is 346 g/mol. The summed E-state index contributed by atoms with van der Waals surface area (Å²) < 4.78 is 1.96. The van der Waals surface area contributed by atoms with E-state index in [1.165, 1.54) is 17.8 Å². The molecule has 1 N–H and O–H groups in total. The first-order valence-corrected chi connectivity index (χ1v) is 9.07. The number of para-hydroxylation sites is 1. The van der Waals surface area contributed by atoms with Crippen molar-refractivity contribution in [3.8, 4) is 5.69 Å². The van der Waals surface area contributed by atoms with E-state index in [-0.39, 0.29) is 11.3 Å². The van der Waals surface area contributed by atoms with E-state index in [1.54, 1.807) is 30.5 Å². The van der Waals surface area contributed by atoms with Gasteiger partial charge in [-0.2, -0.15) is 0 Å². The van der Waals surface area contributed by atoms with Gasteiger partial charge in [0.05, 0.1) is 5.75 Å². The molecule has 0 radical (unpaired) electrons. The van der Waals surface area contributed by atoms with Crippen LogP contribution in [0.4, 0.5) is 0 Å². The lowest BCUT2D eigenvalue weighted by Crippen LogP contribution is -2.06. The predicted octanol–water partition coefficient (Wildman–Crippen LogP) is 3.69. The number of rotatable bonds is 5. The fraction of sp³-hybridized carbons (Fsp3) is 0.0500. The van der Waals surface area contributed by atoms with Crippen molar-refractivity contribution in [2.24, 2.45) is 0 Å². The molecule has 2 heterocycles. The van der Waals surface area contributed by atoms with Gasteiger partial charge in [-0.05, 0) is 41.8 Å². The zero-order valence-corrected chi connectivity index (χ0v) is 14.6. The average Bonchev–Trinajstić information content (AvgIpc) is 3.15. The van der Waals surface area contributed by atoms with Gasteiger partial charge in [0, 0.05) is 35.2 Å². The van der Waals surface area contributed by atoms with Crippen molar-refractivity contribution in [2.75, 3.05) is 5.75 Å². The van der Waals surface area contributed by atoms with Gasteiger partial charge in [0.25, 0.3) is 0 Å². The Hall–Kier alpha value is -3.12. The van der Waals surface area contributed by atoms with Gasteiger partial charge >= 0.3 is 0 Å². The van der Waals surface area contributed by atoms with E-state index in [1.807, 2.05) is 41.1 Å². The number of hydrogen-bond donors (Lipinski definition) is 1. The summed E-state index contributed by atoms with van der Waals surface area (Å²) in [6.45, 7) is 0. The maximum Gasteiger partial charge on any atom is 0.248 e. The van der Waals surface area contributed by atoms with Gasteiger partial charge in [-0.25, -0.2) is 4.98 Å². The number of carbonyl (C=O) groups is 1. The second-order valence-corrected chi connectivity index (χ2v) is 6.69. The zero-order chi connectivity index (χ0) is 17.9. The highest BCUT2D eigenvalue weighted by molar-refractivity contribution is 7.99. The number of nitrogens with one attached hydrogen (secondary N) is 1. The fourth-order valence-electron chi connectivity index (χ4n) is 2.72. The van der Waals surface area contributed by atoms with Crippen LogP contribution in [0.3, 0.4) is 0 Å². The van der Waals surface area contributed by atoms with Crippen LogP contribution in [-0.2, 0) is 0 Å². The molecule has 0 spiro atoms. The number of Topliss-reactive ketones (excluding diaryl/α,β-unsaturated/α-hetero) is 1. The van der Waals surface area contributed by atoms with Crippen molar-refractivity contribution < 1.29 is 4.79 Å². The fourth-order valence-corrected chi connectivity index (χ4v) is 3.59. The highest BCUT2D eigenvalue weighted by Crippen LogP contribution is 2.22. The summed E-state index contributed by atoms with van der Waals surface area (Å²) in [4.78, 5) is 31.0. The largest absolute Gasteiger partial charge is 0.322 e. The Kier molecular flexibility index (Phi) is 4.41. The minimum atomic E-state index is -0.153. The highest BCUT2D eigenvalue weighted by Gasteiger charge is 2.11. The van der Waals surface area contributed by atoms with Gasteiger partial charge in [-0.15, -0.1) is 0 Å². The average molecular weight is 361 g/mol. The van der Waals surface area contributed by atoms with E-state index in [0.717, 1.165) is 21.7 Å². The third-order valence-electron chi connectivity index (χ3n) is 4.02. The SMILES string of the molecule is O=C(CSc1nccn1-c1ccccc1)c1ccc2[nH]c(=O)ccc2c1. The summed E-state index contributed by atoms with van der Waals surface area (Å²) in [5.41, 5.74) is 2.20. The van der Waals surface area contributed by atoms with E-state index in [2.05, 4.69) is 9.97 Å². The third kappa shape index (κ3) is 3.32. The number of aromatic amines is 1. The number of imidazole rings is 1. The Morgan fingerprint density at radius 2 is 1.92 bits per heavy atom. The number of H-pyrrole nitrogens is 1. The number of thioether (sulfide) groups is 1. The molecule has 2 aromatic carbocycles. The Balaban J connectivity index is 1.52. The monoisotopic (exact) mass is 361 g/mol. The number of nitrogens with zero attached hydrogens (tertiary/aromatic N) is 2. The van der Waals surface area contributed by atoms with Crippen molar-refractivity contribution in [1.29, 1.82) is 0 Å². The molecule has 0 saturated heterocycles. The van der Waals surface area contributed by atoms with Crippen molar-refractivity contribution in [1.82, 2.24) is 14.5 Å². The molecule has 4 rings (SSSR count). The number of ketones is 1. The molecule has 0 aliphatic heterocycles. The maximum absolute atomic E-state index is 12.6. The first-order valence-electron chi connectivity index (χ1n) is 8.08. The van der Waals surface area contributed by atoms with Crippen LogP contribution in [0.25, 0.3) is 16.6 Å². The molecule has 4 aromatic rings. The Morgan fingerprint density at radius 1 is 1.08 bits per heavy atom. The van der Waals surface area contributed by atoms with Crippen molar-refractivity contribution >= 4 is 28.4 Å². The van der Waals surface area contributed by atoms with Crippen LogP contribution in [-0.4, -0.2) is 26.1 Å². The van der Waals surface area contributed by atoms with Crippen LogP contribution in [0, 0.1) is 0 Å². The first-order chi connectivity index (χ1) is 12.7. The van der Waals surface area contributed by atoms with Gasteiger partial charge in [-0.3, -0.25) is 14.2 Å². The standard InChI is InChI=1S/C20H15N3O2S/c24-18(15-6-8-17-14(12-15)7-9-19(25)22-17)13-26-20-21-10-11-23(20)16-4-2-1-3-5-16/h1-12H,13H2,(H,22,25). The summed E-state index contributed by atoms with van der Waals surface area (Å²) in [5, 5.41) is 1.61. The number of fused-ring (bicyclic) bond motifs is 1. The molecule has 0 aliphatic rings. The third-order valence-corrected chi connectivity index (χ3v) is 4.99. The highest BCUT2D eigenvalue weighted by atomic mass is 32.2. The summed E-state index contributed by atoms with van der Waals surface area (Å²) in [7, 11) is 0. The van der Waals surface area contributed by atoms with E-state index >= 15 is 0 Å².